The number of nitrogens with one attached hydrogen (secondary N) is 1. The molecule has 1 N–H and O–H groups in total. The molecule has 1 unspecified atom stereocenters. The van der Waals surface area contributed by atoms with Crippen molar-refractivity contribution in [2.45, 2.75) is 45.6 Å². The van der Waals surface area contributed by atoms with Gasteiger partial charge in [-0.2, -0.15) is 0 Å². The molecule has 0 bridgehead atoms. The maximum Gasteiger partial charge on any atom is 0.157 e. The zero-order chi connectivity index (χ0) is 16.5. The number of methoxy groups -OCH3 is 1. The van der Waals surface area contributed by atoms with E-state index in [2.05, 4.69) is 34.7 Å². The van der Waals surface area contributed by atoms with E-state index in [-0.39, 0.29) is 6.29 Å². The topological polar surface area (TPSA) is 61.2 Å². The second-order valence-corrected chi connectivity index (χ2v) is 5.47. The second-order valence-electron chi connectivity index (χ2n) is 5.47. The van der Waals surface area contributed by atoms with Crippen molar-refractivity contribution in [1.82, 2.24) is 20.3 Å². The molecular formula is C17H26N4O2. The molecule has 0 amide bonds. The fourth-order valence-corrected chi connectivity index (χ4v) is 2.28. The number of nitrogens with zero attached hydrogens (tertiary/aromatic N) is 3. The highest BCUT2D eigenvalue weighted by molar-refractivity contribution is 5.33. The van der Waals surface area contributed by atoms with Crippen LogP contribution in [0.4, 0.5) is 0 Å². The van der Waals surface area contributed by atoms with E-state index in [0.29, 0.717) is 6.61 Å². The summed E-state index contributed by atoms with van der Waals surface area (Å²) in [6.45, 7) is 3.41. The first-order chi connectivity index (χ1) is 11.3. The van der Waals surface area contributed by atoms with Gasteiger partial charge in [-0.3, -0.25) is 0 Å². The smallest absolute Gasteiger partial charge is 0.157 e. The van der Waals surface area contributed by atoms with Crippen molar-refractivity contribution in [3.63, 3.8) is 0 Å². The maximum absolute atomic E-state index is 5.73. The van der Waals surface area contributed by atoms with Crippen LogP contribution in [0.25, 0.3) is 5.69 Å². The summed E-state index contributed by atoms with van der Waals surface area (Å²) in [5, 5.41) is 11.4. The van der Waals surface area contributed by atoms with Gasteiger partial charge in [-0.1, -0.05) is 30.7 Å². The summed E-state index contributed by atoms with van der Waals surface area (Å²) in [6.07, 6.45) is 4.82. The molecule has 1 heterocycles. The molecule has 126 valence electrons. The molecule has 0 aliphatic rings. The van der Waals surface area contributed by atoms with Gasteiger partial charge in [0.25, 0.3) is 0 Å². The van der Waals surface area contributed by atoms with E-state index < -0.39 is 0 Å². The van der Waals surface area contributed by atoms with Crippen LogP contribution in [0, 0.1) is 0 Å². The molecule has 0 aliphatic heterocycles. The highest BCUT2D eigenvalue weighted by Crippen LogP contribution is 2.11. The summed E-state index contributed by atoms with van der Waals surface area (Å²) >= 11 is 0. The van der Waals surface area contributed by atoms with Crippen molar-refractivity contribution in [3.8, 4) is 5.69 Å². The Morgan fingerprint density at radius 2 is 2.04 bits per heavy atom. The molecule has 2 aromatic rings. The van der Waals surface area contributed by atoms with Crippen LogP contribution in [0.2, 0.25) is 0 Å². The van der Waals surface area contributed by atoms with Gasteiger partial charge in [-0.05, 0) is 37.6 Å². The van der Waals surface area contributed by atoms with E-state index in [9.17, 15) is 0 Å². The lowest BCUT2D eigenvalue weighted by molar-refractivity contribution is -0.136. The van der Waals surface area contributed by atoms with Crippen LogP contribution in [0.3, 0.4) is 0 Å². The fourth-order valence-electron chi connectivity index (χ4n) is 2.28. The lowest BCUT2D eigenvalue weighted by Gasteiger charge is -2.14. The number of ether oxygens (including phenoxy) is 2. The van der Waals surface area contributed by atoms with Crippen molar-refractivity contribution >= 4 is 0 Å². The minimum atomic E-state index is -0.180. The van der Waals surface area contributed by atoms with Crippen molar-refractivity contribution in [2.75, 3.05) is 14.2 Å². The van der Waals surface area contributed by atoms with Gasteiger partial charge in [0.1, 0.15) is 5.69 Å². The third-order valence-electron chi connectivity index (χ3n) is 3.60. The van der Waals surface area contributed by atoms with Gasteiger partial charge >= 0.3 is 0 Å². The first-order valence-electron chi connectivity index (χ1n) is 8.06. The predicted octanol–water partition coefficient (Wildman–Crippen LogP) is 2.67. The molecule has 1 aromatic heterocycles. The molecule has 23 heavy (non-hydrogen) atoms. The molecule has 0 fully saturated rings. The number of rotatable bonds is 10. The number of unbranched alkanes of at least 4 members (excludes halogenated alkanes) is 1. The Hall–Kier alpha value is -1.76. The van der Waals surface area contributed by atoms with Crippen LogP contribution in [-0.2, 0) is 22.6 Å². The average Bonchev–Trinajstić information content (AvgIpc) is 3.05. The van der Waals surface area contributed by atoms with E-state index >= 15 is 0 Å². The van der Waals surface area contributed by atoms with Crippen LogP contribution in [-0.4, -0.2) is 35.4 Å². The SMILES string of the molecule is CCCCC(OC)OCc1cn(-c2ccc(CNC)cc2)nn1. The molecule has 0 spiro atoms. The summed E-state index contributed by atoms with van der Waals surface area (Å²) in [6, 6.07) is 8.22. The van der Waals surface area contributed by atoms with Gasteiger partial charge in [-0.25, -0.2) is 4.68 Å². The van der Waals surface area contributed by atoms with E-state index in [1.165, 1.54) is 5.56 Å². The third-order valence-corrected chi connectivity index (χ3v) is 3.60. The van der Waals surface area contributed by atoms with Crippen molar-refractivity contribution in [3.05, 3.63) is 41.7 Å². The summed E-state index contributed by atoms with van der Waals surface area (Å²) in [7, 11) is 3.61. The Morgan fingerprint density at radius 3 is 2.70 bits per heavy atom. The van der Waals surface area contributed by atoms with Gasteiger partial charge in [0, 0.05) is 13.7 Å². The number of hydrogen-bond donors (Lipinski definition) is 1. The fraction of sp³-hybridized carbons (Fsp3) is 0.529. The van der Waals surface area contributed by atoms with Gasteiger partial charge in [-0.15, -0.1) is 5.10 Å². The molecule has 0 saturated carbocycles. The molecule has 0 aliphatic carbocycles. The lowest BCUT2D eigenvalue weighted by Crippen LogP contribution is -2.15. The zero-order valence-corrected chi connectivity index (χ0v) is 14.2. The monoisotopic (exact) mass is 318 g/mol. The summed E-state index contributed by atoms with van der Waals surface area (Å²) < 4.78 is 12.8. The minimum Gasteiger partial charge on any atom is -0.356 e. The van der Waals surface area contributed by atoms with E-state index in [1.807, 2.05) is 25.4 Å². The third kappa shape index (κ3) is 5.42. The number of hydrogen-bond acceptors (Lipinski definition) is 5. The normalized spacial score (nSPS) is 12.5. The van der Waals surface area contributed by atoms with Gasteiger partial charge < -0.3 is 14.8 Å². The highest BCUT2D eigenvalue weighted by Gasteiger charge is 2.09. The van der Waals surface area contributed by atoms with Crippen LogP contribution in [0.15, 0.2) is 30.5 Å². The van der Waals surface area contributed by atoms with E-state index in [1.54, 1.807) is 11.8 Å². The first kappa shape index (κ1) is 17.6. The Labute approximate surface area is 137 Å². The van der Waals surface area contributed by atoms with Crippen molar-refractivity contribution in [2.24, 2.45) is 0 Å². The van der Waals surface area contributed by atoms with Crippen LogP contribution in [0.1, 0.15) is 37.4 Å². The van der Waals surface area contributed by atoms with Crippen molar-refractivity contribution < 1.29 is 9.47 Å². The first-order valence-corrected chi connectivity index (χ1v) is 8.06. The Balaban J connectivity index is 1.92. The molecule has 1 aromatic carbocycles. The predicted molar refractivity (Wildman–Crippen MR) is 89.2 cm³/mol. The molecule has 1 atom stereocenters. The molecule has 0 saturated heterocycles. The highest BCUT2D eigenvalue weighted by atomic mass is 16.7. The quantitative estimate of drug-likeness (QED) is 0.682. The van der Waals surface area contributed by atoms with Gasteiger partial charge in [0.15, 0.2) is 6.29 Å². The molecular weight excluding hydrogens is 292 g/mol. The summed E-state index contributed by atoms with van der Waals surface area (Å²) in [4.78, 5) is 0. The average molecular weight is 318 g/mol. The van der Waals surface area contributed by atoms with E-state index in [0.717, 1.165) is 37.2 Å². The number of aromatic nitrogens is 3. The van der Waals surface area contributed by atoms with Gasteiger partial charge in [0.2, 0.25) is 0 Å². The molecule has 2 rings (SSSR count). The Kier molecular flexibility index (Phi) is 7.19. The van der Waals surface area contributed by atoms with Crippen LogP contribution >= 0.6 is 0 Å². The Bertz CT molecular complexity index is 568. The van der Waals surface area contributed by atoms with Crippen LogP contribution < -0.4 is 5.32 Å². The molecule has 0 radical (unpaired) electrons. The van der Waals surface area contributed by atoms with E-state index in [4.69, 9.17) is 9.47 Å². The Morgan fingerprint density at radius 1 is 1.26 bits per heavy atom. The maximum atomic E-state index is 5.73. The standard InChI is InChI=1S/C17H26N4O2/c1-4-5-6-17(22-3)23-13-15-12-21(20-19-15)16-9-7-14(8-10-16)11-18-2/h7-10,12,17-18H,4-6,11,13H2,1-3H3. The van der Waals surface area contributed by atoms with Gasteiger partial charge in [0.05, 0.1) is 18.5 Å². The minimum absolute atomic E-state index is 0.180. The largest absolute Gasteiger partial charge is 0.356 e. The molecule has 6 nitrogen and oxygen atoms in total. The molecule has 6 heteroatoms. The van der Waals surface area contributed by atoms with Crippen molar-refractivity contribution in [1.29, 1.82) is 0 Å². The second kappa shape index (κ2) is 9.39. The lowest BCUT2D eigenvalue weighted by atomic mass is 10.2. The summed E-state index contributed by atoms with van der Waals surface area (Å²) in [5.41, 5.74) is 3.01. The van der Waals surface area contributed by atoms with Crippen LogP contribution in [0.5, 0.6) is 0 Å². The number of benzene rings is 1. The summed E-state index contributed by atoms with van der Waals surface area (Å²) in [5.74, 6) is 0. The zero-order valence-electron chi connectivity index (χ0n) is 14.2.